The zero-order valence-electron chi connectivity index (χ0n) is 19.9. The summed E-state index contributed by atoms with van der Waals surface area (Å²) in [6, 6.07) is 24.2. The Hall–Kier alpha value is -4.11. The summed E-state index contributed by atoms with van der Waals surface area (Å²) in [5.74, 6) is 0.978. The number of carbonyl (C=O) groups is 1. The molecule has 3 aromatic carbocycles. The van der Waals surface area contributed by atoms with Crippen LogP contribution in [0, 0.1) is 0 Å². The van der Waals surface area contributed by atoms with Gasteiger partial charge in [0, 0.05) is 12.2 Å². The standard InChI is InChI=1S/C27H25N5O3S/c1-3-17-31-25(34)21-11-7-8-12-22(21)32-26(31)29-30-27(32)36-23(18-9-5-4-6-10-18)24(33)28-19-13-15-20(35-2)16-14-19/h4-16,23H,3,17H2,1-2H3,(H,28,33). The second kappa shape index (κ2) is 10.2. The minimum Gasteiger partial charge on any atom is -0.497 e. The fourth-order valence-corrected chi connectivity index (χ4v) is 5.17. The van der Waals surface area contributed by atoms with Crippen LogP contribution in [0.4, 0.5) is 5.69 Å². The third kappa shape index (κ3) is 4.45. The van der Waals surface area contributed by atoms with E-state index in [0.29, 0.717) is 39.8 Å². The summed E-state index contributed by atoms with van der Waals surface area (Å²) < 4.78 is 8.73. The van der Waals surface area contributed by atoms with E-state index in [1.54, 1.807) is 35.9 Å². The van der Waals surface area contributed by atoms with Crippen LogP contribution in [-0.2, 0) is 11.3 Å². The summed E-state index contributed by atoms with van der Waals surface area (Å²) in [5, 5.41) is 12.3. The Kier molecular flexibility index (Phi) is 6.73. The first-order valence-corrected chi connectivity index (χ1v) is 12.5. The van der Waals surface area contributed by atoms with Crippen LogP contribution >= 0.6 is 11.8 Å². The van der Waals surface area contributed by atoms with Crippen molar-refractivity contribution in [3.05, 3.63) is 94.8 Å². The van der Waals surface area contributed by atoms with E-state index in [2.05, 4.69) is 15.5 Å². The second-order valence-corrected chi connectivity index (χ2v) is 9.29. The van der Waals surface area contributed by atoms with Crippen molar-refractivity contribution in [2.45, 2.75) is 30.3 Å². The Morgan fingerprint density at radius 3 is 2.44 bits per heavy atom. The Bertz CT molecular complexity index is 1580. The zero-order valence-corrected chi connectivity index (χ0v) is 20.7. The molecule has 0 spiro atoms. The Balaban J connectivity index is 1.59. The number of carbonyl (C=O) groups excluding carboxylic acids is 1. The Labute approximate surface area is 211 Å². The molecule has 1 atom stereocenters. The maximum Gasteiger partial charge on any atom is 0.262 e. The number of ether oxygens (including phenoxy) is 1. The van der Waals surface area contributed by atoms with Crippen molar-refractivity contribution in [2.24, 2.45) is 0 Å². The molecule has 8 nitrogen and oxygen atoms in total. The molecule has 0 radical (unpaired) electrons. The van der Waals surface area contributed by atoms with E-state index in [-0.39, 0.29) is 11.5 Å². The highest BCUT2D eigenvalue weighted by Crippen LogP contribution is 2.36. The van der Waals surface area contributed by atoms with E-state index in [1.807, 2.05) is 65.9 Å². The quantitative estimate of drug-likeness (QED) is 0.304. The number of hydrogen-bond acceptors (Lipinski definition) is 6. The maximum absolute atomic E-state index is 13.5. The van der Waals surface area contributed by atoms with Crippen LogP contribution in [0.2, 0.25) is 0 Å². The normalized spacial score (nSPS) is 12.1. The molecule has 0 saturated carbocycles. The number of aryl methyl sites for hydroxylation is 1. The molecule has 36 heavy (non-hydrogen) atoms. The molecule has 1 N–H and O–H groups in total. The van der Waals surface area contributed by atoms with Crippen molar-refractivity contribution < 1.29 is 9.53 Å². The van der Waals surface area contributed by atoms with Gasteiger partial charge in [0.1, 0.15) is 11.0 Å². The lowest BCUT2D eigenvalue weighted by atomic mass is 10.1. The van der Waals surface area contributed by atoms with Crippen LogP contribution in [0.5, 0.6) is 5.75 Å². The molecule has 1 unspecified atom stereocenters. The van der Waals surface area contributed by atoms with Crippen molar-refractivity contribution in [3.63, 3.8) is 0 Å². The summed E-state index contributed by atoms with van der Waals surface area (Å²) in [6.07, 6.45) is 0.778. The van der Waals surface area contributed by atoms with E-state index >= 15 is 0 Å². The number of anilines is 1. The maximum atomic E-state index is 13.5. The van der Waals surface area contributed by atoms with Crippen molar-refractivity contribution in [1.82, 2.24) is 19.2 Å². The Morgan fingerprint density at radius 2 is 1.72 bits per heavy atom. The number of hydrogen-bond donors (Lipinski definition) is 1. The predicted molar refractivity (Wildman–Crippen MR) is 142 cm³/mol. The lowest BCUT2D eigenvalue weighted by Gasteiger charge is -2.17. The van der Waals surface area contributed by atoms with Gasteiger partial charge in [0.15, 0.2) is 5.16 Å². The number of thioether (sulfide) groups is 1. The van der Waals surface area contributed by atoms with Crippen molar-refractivity contribution in [2.75, 3.05) is 12.4 Å². The van der Waals surface area contributed by atoms with Gasteiger partial charge in [-0.1, -0.05) is 61.2 Å². The van der Waals surface area contributed by atoms with Crippen LogP contribution in [0.15, 0.2) is 88.8 Å². The topological polar surface area (TPSA) is 90.5 Å². The molecule has 0 fully saturated rings. The average molecular weight is 500 g/mol. The molecule has 182 valence electrons. The molecule has 5 rings (SSSR count). The number of benzene rings is 3. The first-order valence-electron chi connectivity index (χ1n) is 11.6. The number of aromatic nitrogens is 4. The summed E-state index contributed by atoms with van der Waals surface area (Å²) in [6.45, 7) is 2.54. The van der Waals surface area contributed by atoms with Crippen molar-refractivity contribution in [3.8, 4) is 5.75 Å². The Morgan fingerprint density at radius 1 is 1.00 bits per heavy atom. The highest BCUT2D eigenvalue weighted by molar-refractivity contribution is 8.00. The van der Waals surface area contributed by atoms with Gasteiger partial charge in [-0.2, -0.15) is 0 Å². The van der Waals surface area contributed by atoms with Crippen LogP contribution in [0.3, 0.4) is 0 Å². The first-order chi connectivity index (χ1) is 17.6. The second-order valence-electron chi connectivity index (χ2n) is 8.22. The van der Waals surface area contributed by atoms with E-state index < -0.39 is 5.25 Å². The van der Waals surface area contributed by atoms with Gasteiger partial charge in [-0.05, 0) is 48.4 Å². The number of methoxy groups -OCH3 is 1. The largest absolute Gasteiger partial charge is 0.497 e. The molecule has 0 aliphatic heterocycles. The monoisotopic (exact) mass is 499 g/mol. The third-order valence-corrected chi connectivity index (χ3v) is 7.04. The lowest BCUT2D eigenvalue weighted by molar-refractivity contribution is -0.115. The molecule has 1 amide bonds. The van der Waals surface area contributed by atoms with Crippen LogP contribution < -0.4 is 15.6 Å². The molecule has 2 heterocycles. The van der Waals surface area contributed by atoms with Crippen LogP contribution in [0.25, 0.3) is 16.7 Å². The number of para-hydroxylation sites is 1. The fraction of sp³-hybridized carbons (Fsp3) is 0.185. The molecular weight excluding hydrogens is 474 g/mol. The average Bonchev–Trinajstić information content (AvgIpc) is 3.34. The number of amides is 1. The first kappa shape index (κ1) is 23.6. The fourth-order valence-electron chi connectivity index (χ4n) is 4.12. The summed E-state index contributed by atoms with van der Waals surface area (Å²) in [7, 11) is 1.60. The van der Waals surface area contributed by atoms with Gasteiger partial charge in [-0.3, -0.25) is 18.6 Å². The van der Waals surface area contributed by atoms with E-state index in [0.717, 1.165) is 12.0 Å². The molecule has 0 aliphatic carbocycles. The van der Waals surface area contributed by atoms with Gasteiger partial charge < -0.3 is 10.1 Å². The molecule has 0 saturated heterocycles. The van der Waals surface area contributed by atoms with Gasteiger partial charge in [0.05, 0.1) is 18.0 Å². The highest BCUT2D eigenvalue weighted by Gasteiger charge is 2.26. The number of rotatable bonds is 8. The number of nitrogens with one attached hydrogen (secondary N) is 1. The van der Waals surface area contributed by atoms with Crippen LogP contribution in [0.1, 0.15) is 24.2 Å². The van der Waals surface area contributed by atoms with Gasteiger partial charge in [0.25, 0.3) is 5.56 Å². The molecular formula is C27H25N5O3S. The van der Waals surface area contributed by atoms with E-state index in [4.69, 9.17) is 4.74 Å². The van der Waals surface area contributed by atoms with Crippen molar-refractivity contribution in [1.29, 1.82) is 0 Å². The molecule has 9 heteroatoms. The molecule has 0 bridgehead atoms. The van der Waals surface area contributed by atoms with Gasteiger partial charge in [-0.25, -0.2) is 0 Å². The van der Waals surface area contributed by atoms with Crippen LogP contribution in [-0.4, -0.2) is 32.2 Å². The van der Waals surface area contributed by atoms with Gasteiger partial charge >= 0.3 is 0 Å². The number of nitrogens with zero attached hydrogens (tertiary/aromatic N) is 4. The summed E-state index contributed by atoms with van der Waals surface area (Å²) >= 11 is 1.30. The third-order valence-electron chi connectivity index (χ3n) is 5.85. The highest BCUT2D eigenvalue weighted by atomic mass is 32.2. The van der Waals surface area contributed by atoms with Crippen molar-refractivity contribution >= 4 is 40.0 Å². The van der Waals surface area contributed by atoms with Gasteiger partial charge in [-0.15, -0.1) is 10.2 Å². The SMILES string of the molecule is CCCn1c(=O)c2ccccc2n2c(SC(C(=O)Nc3ccc(OC)cc3)c3ccccc3)nnc12. The minimum atomic E-state index is -0.606. The smallest absolute Gasteiger partial charge is 0.262 e. The lowest BCUT2D eigenvalue weighted by Crippen LogP contribution is -2.23. The summed E-state index contributed by atoms with van der Waals surface area (Å²) in [5.41, 5.74) is 2.10. The van der Waals surface area contributed by atoms with Gasteiger partial charge in [0.2, 0.25) is 11.7 Å². The van der Waals surface area contributed by atoms with E-state index in [9.17, 15) is 9.59 Å². The number of fused-ring (bicyclic) bond motifs is 3. The molecule has 0 aliphatic rings. The summed E-state index contributed by atoms with van der Waals surface area (Å²) in [4.78, 5) is 26.7. The molecule has 2 aromatic heterocycles. The van der Waals surface area contributed by atoms with E-state index in [1.165, 1.54) is 11.8 Å². The predicted octanol–water partition coefficient (Wildman–Crippen LogP) is 4.93. The zero-order chi connectivity index (χ0) is 25.1. The molecule has 5 aromatic rings. The minimum absolute atomic E-state index is 0.0965.